The summed E-state index contributed by atoms with van der Waals surface area (Å²) in [4.78, 5) is 11.1. The first-order valence-corrected chi connectivity index (χ1v) is 7.42. The number of rotatable bonds is 5. The van der Waals surface area contributed by atoms with Gasteiger partial charge in [-0.1, -0.05) is 18.6 Å². The summed E-state index contributed by atoms with van der Waals surface area (Å²) in [5.74, 6) is -0.478. The van der Waals surface area contributed by atoms with E-state index in [9.17, 15) is 4.79 Å². The van der Waals surface area contributed by atoms with Crippen molar-refractivity contribution in [2.24, 2.45) is 11.8 Å². The van der Waals surface area contributed by atoms with E-state index >= 15 is 0 Å². The third-order valence-corrected chi connectivity index (χ3v) is 4.34. The molecular formula is C14H18INO2. The molecular weight excluding hydrogens is 341 g/mol. The van der Waals surface area contributed by atoms with Crippen LogP contribution in [0.5, 0.6) is 0 Å². The third-order valence-electron chi connectivity index (χ3n) is 3.63. The molecule has 1 aromatic carbocycles. The molecule has 0 radical (unpaired) electrons. The molecule has 2 N–H and O–H groups in total. The van der Waals surface area contributed by atoms with Gasteiger partial charge >= 0.3 is 5.97 Å². The van der Waals surface area contributed by atoms with Crippen LogP contribution in [0, 0.1) is 15.4 Å². The van der Waals surface area contributed by atoms with Crippen LogP contribution in [0.1, 0.15) is 24.8 Å². The lowest BCUT2D eigenvalue weighted by Gasteiger charge is -2.16. The fourth-order valence-electron chi connectivity index (χ4n) is 2.61. The van der Waals surface area contributed by atoms with Crippen molar-refractivity contribution >= 4 is 28.6 Å². The molecule has 4 heteroatoms. The zero-order valence-corrected chi connectivity index (χ0v) is 12.4. The summed E-state index contributed by atoms with van der Waals surface area (Å²) in [6, 6.07) is 8.40. The van der Waals surface area contributed by atoms with Crippen LogP contribution >= 0.6 is 22.6 Å². The topological polar surface area (TPSA) is 49.3 Å². The SMILES string of the molecule is O=C(O)C1CCCC1CNCc1ccc(I)cc1. The van der Waals surface area contributed by atoms with Crippen LogP contribution in [0.3, 0.4) is 0 Å². The number of halogens is 1. The minimum absolute atomic E-state index is 0.144. The molecule has 0 amide bonds. The summed E-state index contributed by atoms with van der Waals surface area (Å²) in [7, 11) is 0. The third kappa shape index (κ3) is 3.68. The Bertz CT molecular complexity index is 405. The lowest BCUT2D eigenvalue weighted by molar-refractivity contribution is -0.142. The zero-order chi connectivity index (χ0) is 13.0. The second-order valence-electron chi connectivity index (χ2n) is 4.89. The number of benzene rings is 1. The molecule has 2 unspecified atom stereocenters. The van der Waals surface area contributed by atoms with Gasteiger partial charge in [-0.3, -0.25) is 4.79 Å². The predicted octanol–water partition coefficient (Wildman–Crippen LogP) is 2.88. The second-order valence-corrected chi connectivity index (χ2v) is 6.14. The fraction of sp³-hybridized carbons (Fsp3) is 0.500. The maximum Gasteiger partial charge on any atom is 0.306 e. The highest BCUT2D eigenvalue weighted by molar-refractivity contribution is 14.1. The summed E-state index contributed by atoms with van der Waals surface area (Å²) in [5.41, 5.74) is 1.25. The van der Waals surface area contributed by atoms with Crippen LogP contribution in [0.4, 0.5) is 0 Å². The van der Waals surface area contributed by atoms with E-state index < -0.39 is 5.97 Å². The second kappa shape index (κ2) is 6.52. The molecule has 0 spiro atoms. The van der Waals surface area contributed by atoms with E-state index in [0.29, 0.717) is 5.92 Å². The smallest absolute Gasteiger partial charge is 0.306 e. The minimum atomic E-state index is -0.631. The summed E-state index contributed by atoms with van der Waals surface area (Å²) in [6.07, 6.45) is 2.93. The van der Waals surface area contributed by atoms with Crippen LogP contribution in [-0.2, 0) is 11.3 Å². The van der Waals surface area contributed by atoms with Gasteiger partial charge in [-0.2, -0.15) is 0 Å². The van der Waals surface area contributed by atoms with Crippen molar-refractivity contribution in [3.63, 3.8) is 0 Å². The molecule has 0 saturated heterocycles. The van der Waals surface area contributed by atoms with Crippen LogP contribution < -0.4 is 5.32 Å². The van der Waals surface area contributed by atoms with Crippen molar-refractivity contribution in [1.29, 1.82) is 0 Å². The molecule has 1 saturated carbocycles. The molecule has 3 nitrogen and oxygen atoms in total. The minimum Gasteiger partial charge on any atom is -0.481 e. The van der Waals surface area contributed by atoms with Crippen LogP contribution in [0.25, 0.3) is 0 Å². The van der Waals surface area contributed by atoms with E-state index in [0.717, 1.165) is 32.4 Å². The Hall–Kier alpha value is -0.620. The molecule has 1 aliphatic rings. The lowest BCUT2D eigenvalue weighted by Crippen LogP contribution is -2.28. The Labute approximate surface area is 121 Å². The molecule has 1 fully saturated rings. The van der Waals surface area contributed by atoms with Gasteiger partial charge in [-0.15, -0.1) is 0 Å². The number of aliphatic carboxylic acids is 1. The Morgan fingerprint density at radius 1 is 1.33 bits per heavy atom. The summed E-state index contributed by atoms with van der Waals surface area (Å²) >= 11 is 2.29. The van der Waals surface area contributed by atoms with Gasteiger partial charge in [0.05, 0.1) is 5.92 Å². The fourth-order valence-corrected chi connectivity index (χ4v) is 2.97. The molecule has 1 aromatic rings. The van der Waals surface area contributed by atoms with Crippen molar-refractivity contribution in [1.82, 2.24) is 5.32 Å². The van der Waals surface area contributed by atoms with E-state index in [1.165, 1.54) is 9.13 Å². The molecule has 98 valence electrons. The number of nitrogens with one attached hydrogen (secondary N) is 1. The molecule has 0 aliphatic heterocycles. The maximum atomic E-state index is 11.1. The van der Waals surface area contributed by atoms with E-state index in [2.05, 4.69) is 52.2 Å². The van der Waals surface area contributed by atoms with Gasteiger partial charge in [0.25, 0.3) is 0 Å². The number of carboxylic acid groups (broad SMARTS) is 1. The quantitative estimate of drug-likeness (QED) is 0.795. The highest BCUT2D eigenvalue weighted by Gasteiger charge is 2.32. The van der Waals surface area contributed by atoms with Crippen molar-refractivity contribution in [2.45, 2.75) is 25.8 Å². The molecule has 0 aromatic heterocycles. The Kier molecular flexibility index (Phi) is 5.00. The van der Waals surface area contributed by atoms with Gasteiger partial charge < -0.3 is 10.4 Å². The molecule has 0 heterocycles. The first kappa shape index (κ1) is 13.8. The Morgan fingerprint density at radius 2 is 2.06 bits per heavy atom. The van der Waals surface area contributed by atoms with Crippen LogP contribution in [-0.4, -0.2) is 17.6 Å². The maximum absolute atomic E-state index is 11.1. The number of hydrogen-bond donors (Lipinski definition) is 2. The number of hydrogen-bond acceptors (Lipinski definition) is 2. The Balaban J connectivity index is 1.78. The summed E-state index contributed by atoms with van der Waals surface area (Å²) in [5, 5.41) is 12.5. The van der Waals surface area contributed by atoms with Crippen molar-refractivity contribution in [2.75, 3.05) is 6.54 Å². The van der Waals surface area contributed by atoms with Crippen LogP contribution in [0.15, 0.2) is 24.3 Å². The predicted molar refractivity (Wildman–Crippen MR) is 79.3 cm³/mol. The average Bonchev–Trinajstić information content (AvgIpc) is 2.80. The Morgan fingerprint density at radius 3 is 2.72 bits per heavy atom. The van der Waals surface area contributed by atoms with E-state index in [4.69, 9.17) is 5.11 Å². The standard InChI is InChI=1S/C14H18INO2/c15-12-6-4-10(5-7-12)8-16-9-11-2-1-3-13(11)14(17)18/h4-7,11,13,16H,1-3,8-9H2,(H,17,18). The van der Waals surface area contributed by atoms with Crippen molar-refractivity contribution in [3.8, 4) is 0 Å². The first-order valence-electron chi connectivity index (χ1n) is 6.35. The highest BCUT2D eigenvalue weighted by atomic mass is 127. The average molecular weight is 359 g/mol. The summed E-state index contributed by atoms with van der Waals surface area (Å²) < 4.78 is 1.23. The monoisotopic (exact) mass is 359 g/mol. The molecule has 1 aliphatic carbocycles. The molecule has 0 bridgehead atoms. The zero-order valence-electron chi connectivity index (χ0n) is 10.2. The van der Waals surface area contributed by atoms with E-state index in [-0.39, 0.29) is 5.92 Å². The number of carbonyl (C=O) groups is 1. The largest absolute Gasteiger partial charge is 0.481 e. The van der Waals surface area contributed by atoms with Gasteiger partial charge in [-0.25, -0.2) is 0 Å². The van der Waals surface area contributed by atoms with Crippen molar-refractivity contribution < 1.29 is 9.90 Å². The van der Waals surface area contributed by atoms with Gasteiger partial charge in [0.2, 0.25) is 0 Å². The highest BCUT2D eigenvalue weighted by Crippen LogP contribution is 2.31. The summed E-state index contributed by atoms with van der Waals surface area (Å²) in [6.45, 7) is 1.63. The van der Waals surface area contributed by atoms with Crippen LogP contribution in [0.2, 0.25) is 0 Å². The van der Waals surface area contributed by atoms with E-state index in [1.807, 2.05) is 0 Å². The molecule has 18 heavy (non-hydrogen) atoms. The normalized spacial score (nSPS) is 23.2. The van der Waals surface area contributed by atoms with Gasteiger partial charge in [0.15, 0.2) is 0 Å². The van der Waals surface area contributed by atoms with Crippen molar-refractivity contribution in [3.05, 3.63) is 33.4 Å². The first-order chi connectivity index (χ1) is 8.66. The lowest BCUT2D eigenvalue weighted by atomic mass is 9.96. The van der Waals surface area contributed by atoms with Gasteiger partial charge in [-0.05, 0) is 65.6 Å². The van der Waals surface area contributed by atoms with E-state index in [1.54, 1.807) is 0 Å². The van der Waals surface area contributed by atoms with Gasteiger partial charge in [0.1, 0.15) is 0 Å². The van der Waals surface area contributed by atoms with Gasteiger partial charge in [0, 0.05) is 10.1 Å². The molecule has 2 atom stereocenters. The number of carboxylic acids is 1. The molecule has 2 rings (SSSR count).